The van der Waals surface area contributed by atoms with E-state index in [0.717, 1.165) is 44.4 Å². The third-order valence-electron chi connectivity index (χ3n) is 5.15. The first-order chi connectivity index (χ1) is 12.0. The largest absolute Gasteiger partial charge is 0.504 e. The third kappa shape index (κ3) is 2.48. The summed E-state index contributed by atoms with van der Waals surface area (Å²) in [6.07, 6.45) is 0.934. The lowest BCUT2D eigenvalue weighted by Gasteiger charge is -2.51. The third-order valence-corrected chi connectivity index (χ3v) is 5.15. The Bertz CT molecular complexity index is 831. The number of fused-ring (bicyclic) bond motifs is 3. The Morgan fingerprint density at radius 3 is 2.88 bits per heavy atom. The van der Waals surface area contributed by atoms with Gasteiger partial charge in [-0.25, -0.2) is 8.78 Å². The second-order valence-corrected chi connectivity index (χ2v) is 6.51. The fraction of sp³-hybridized carbons (Fsp3) is 0.412. The number of phenols is 1. The van der Waals surface area contributed by atoms with Gasteiger partial charge in [0.1, 0.15) is 5.82 Å². The number of aromatic hydroxyl groups is 1. The van der Waals surface area contributed by atoms with Crippen LogP contribution in [0.2, 0.25) is 0 Å². The van der Waals surface area contributed by atoms with Gasteiger partial charge in [-0.1, -0.05) is 6.92 Å². The Morgan fingerprint density at radius 1 is 1.24 bits per heavy atom. The summed E-state index contributed by atoms with van der Waals surface area (Å²) in [5.41, 5.74) is 0.988. The lowest BCUT2D eigenvalue weighted by molar-refractivity contribution is 0.323. The Balaban J connectivity index is 1.83. The molecule has 2 aliphatic rings. The molecule has 0 spiro atoms. The zero-order chi connectivity index (χ0) is 17.6. The van der Waals surface area contributed by atoms with Crippen LogP contribution in [-0.2, 0) is 0 Å². The molecule has 3 N–H and O–H groups in total. The van der Waals surface area contributed by atoms with E-state index in [1.807, 2.05) is 0 Å². The van der Waals surface area contributed by atoms with E-state index < -0.39 is 17.4 Å². The average molecular weight is 347 g/mol. The van der Waals surface area contributed by atoms with E-state index in [1.54, 1.807) is 6.07 Å². The highest BCUT2D eigenvalue weighted by molar-refractivity contribution is 5.77. The minimum absolute atomic E-state index is 0.00407. The van der Waals surface area contributed by atoms with Crippen molar-refractivity contribution in [3.05, 3.63) is 29.8 Å². The van der Waals surface area contributed by atoms with Gasteiger partial charge in [0.05, 0.1) is 16.9 Å². The topological polar surface area (TPSA) is 73.3 Å². The van der Waals surface area contributed by atoms with Crippen molar-refractivity contribution in [2.45, 2.75) is 18.9 Å². The number of aromatic nitrogens is 2. The van der Waals surface area contributed by atoms with Crippen molar-refractivity contribution >= 4 is 11.5 Å². The maximum Gasteiger partial charge on any atom is 0.172 e. The minimum Gasteiger partial charge on any atom is -0.504 e. The fourth-order valence-electron chi connectivity index (χ4n) is 3.67. The maximum absolute atomic E-state index is 13.7. The summed E-state index contributed by atoms with van der Waals surface area (Å²) in [5, 5.41) is 24.9. The van der Waals surface area contributed by atoms with Gasteiger partial charge in [0.2, 0.25) is 0 Å². The Hall–Kier alpha value is -2.48. The summed E-state index contributed by atoms with van der Waals surface area (Å²) in [4.78, 5) is 2.28. The molecule has 4 rings (SSSR count). The molecule has 0 saturated carbocycles. The molecule has 0 bridgehead atoms. The van der Waals surface area contributed by atoms with Crippen LogP contribution < -0.4 is 15.5 Å². The predicted molar refractivity (Wildman–Crippen MR) is 90.8 cm³/mol. The van der Waals surface area contributed by atoms with Crippen molar-refractivity contribution in [3.63, 3.8) is 0 Å². The highest BCUT2D eigenvalue weighted by atomic mass is 19.1. The molecule has 0 radical (unpaired) electrons. The molecule has 1 saturated heterocycles. The van der Waals surface area contributed by atoms with E-state index in [1.165, 1.54) is 0 Å². The number of hydrogen-bond donors (Lipinski definition) is 3. The number of benzene rings is 1. The van der Waals surface area contributed by atoms with Crippen LogP contribution in [0.3, 0.4) is 0 Å². The van der Waals surface area contributed by atoms with Gasteiger partial charge in [-0.2, -0.15) is 0 Å². The van der Waals surface area contributed by atoms with Crippen LogP contribution in [-0.4, -0.2) is 47.0 Å². The standard InChI is InChI=1S/C17H19F2N5O/c1-2-17-8-20-3-4-24(17)14-7-13(22-23-16(14)21-9-17)11-5-10(18)6-12(19)15(11)25/h5-7,20,25H,2-4,8-9H2,1H3,(H,21,23)/t17-/m1/s1. The first kappa shape index (κ1) is 16.0. The normalized spacial score (nSPS) is 22.1. The average Bonchev–Trinajstić information content (AvgIpc) is 2.64. The van der Waals surface area contributed by atoms with Gasteiger partial charge >= 0.3 is 0 Å². The lowest BCUT2D eigenvalue weighted by atomic mass is 9.88. The molecule has 2 aliphatic heterocycles. The number of rotatable bonds is 2. The van der Waals surface area contributed by atoms with Crippen molar-refractivity contribution in [1.29, 1.82) is 0 Å². The molecule has 1 aromatic carbocycles. The zero-order valence-electron chi connectivity index (χ0n) is 13.8. The molecule has 8 heteroatoms. The van der Waals surface area contributed by atoms with E-state index in [-0.39, 0.29) is 16.8 Å². The number of nitrogens with zero attached hydrogens (tertiary/aromatic N) is 3. The highest BCUT2D eigenvalue weighted by Crippen LogP contribution is 2.40. The summed E-state index contributed by atoms with van der Waals surface area (Å²) < 4.78 is 27.3. The maximum atomic E-state index is 13.7. The van der Waals surface area contributed by atoms with Crippen LogP contribution in [0.4, 0.5) is 20.3 Å². The summed E-state index contributed by atoms with van der Waals surface area (Å²) in [7, 11) is 0. The molecule has 0 aliphatic carbocycles. The fourth-order valence-corrected chi connectivity index (χ4v) is 3.67. The number of halogens is 2. The van der Waals surface area contributed by atoms with Gasteiger partial charge in [0, 0.05) is 37.8 Å². The molecule has 3 heterocycles. The molecular weight excluding hydrogens is 328 g/mol. The summed E-state index contributed by atoms with van der Waals surface area (Å²) in [5.74, 6) is -1.77. The molecule has 0 amide bonds. The van der Waals surface area contributed by atoms with Gasteiger partial charge in [-0.15, -0.1) is 10.2 Å². The smallest absolute Gasteiger partial charge is 0.172 e. The first-order valence-electron chi connectivity index (χ1n) is 8.32. The molecule has 6 nitrogen and oxygen atoms in total. The van der Waals surface area contributed by atoms with Crippen molar-refractivity contribution < 1.29 is 13.9 Å². The van der Waals surface area contributed by atoms with Crippen LogP contribution in [0.1, 0.15) is 13.3 Å². The van der Waals surface area contributed by atoms with Gasteiger partial charge in [0.25, 0.3) is 0 Å². The molecular formula is C17H19F2N5O. The minimum atomic E-state index is -1.02. The van der Waals surface area contributed by atoms with E-state index >= 15 is 0 Å². The van der Waals surface area contributed by atoms with Gasteiger partial charge < -0.3 is 20.6 Å². The Labute approximate surface area is 143 Å². The number of nitrogens with one attached hydrogen (secondary N) is 2. The molecule has 1 aromatic heterocycles. The lowest BCUT2D eigenvalue weighted by Crippen LogP contribution is -2.66. The van der Waals surface area contributed by atoms with Crippen LogP contribution in [0.25, 0.3) is 11.3 Å². The van der Waals surface area contributed by atoms with Crippen LogP contribution >= 0.6 is 0 Å². The summed E-state index contributed by atoms with van der Waals surface area (Å²) >= 11 is 0. The van der Waals surface area contributed by atoms with Crippen LogP contribution in [0.5, 0.6) is 5.75 Å². The molecule has 0 unspecified atom stereocenters. The van der Waals surface area contributed by atoms with Crippen molar-refractivity contribution in [3.8, 4) is 17.0 Å². The van der Waals surface area contributed by atoms with Gasteiger partial charge in [-0.05, 0) is 18.6 Å². The van der Waals surface area contributed by atoms with Crippen molar-refractivity contribution in [1.82, 2.24) is 15.5 Å². The zero-order valence-corrected chi connectivity index (χ0v) is 13.8. The highest BCUT2D eigenvalue weighted by Gasteiger charge is 2.42. The van der Waals surface area contributed by atoms with E-state index in [4.69, 9.17) is 0 Å². The number of phenolic OH excluding ortho intramolecular Hbond substituents is 1. The molecule has 132 valence electrons. The number of piperazine rings is 1. The Kier molecular flexibility index (Phi) is 3.72. The van der Waals surface area contributed by atoms with Crippen molar-refractivity contribution in [2.75, 3.05) is 36.4 Å². The SMILES string of the molecule is CC[C@]12CNCCN1c1cc(-c3cc(F)cc(F)c3O)nnc1NC2. The Morgan fingerprint density at radius 2 is 2.08 bits per heavy atom. The quantitative estimate of drug-likeness (QED) is 0.773. The van der Waals surface area contributed by atoms with E-state index in [0.29, 0.717) is 11.9 Å². The van der Waals surface area contributed by atoms with Gasteiger partial charge in [0.15, 0.2) is 17.4 Å². The molecule has 1 fully saturated rings. The first-order valence-corrected chi connectivity index (χ1v) is 8.32. The molecule has 2 aromatic rings. The second kappa shape index (κ2) is 5.80. The summed E-state index contributed by atoms with van der Waals surface area (Å²) in [6.45, 7) is 5.37. The van der Waals surface area contributed by atoms with Gasteiger partial charge in [-0.3, -0.25) is 0 Å². The van der Waals surface area contributed by atoms with E-state index in [9.17, 15) is 13.9 Å². The molecule has 25 heavy (non-hydrogen) atoms. The summed E-state index contributed by atoms with van der Waals surface area (Å²) in [6, 6.07) is 3.44. The predicted octanol–water partition coefficient (Wildman–Crippen LogP) is 2.11. The number of anilines is 2. The number of hydrogen-bond acceptors (Lipinski definition) is 6. The monoisotopic (exact) mass is 347 g/mol. The van der Waals surface area contributed by atoms with E-state index in [2.05, 4.69) is 32.7 Å². The van der Waals surface area contributed by atoms with Crippen LogP contribution in [0, 0.1) is 11.6 Å². The van der Waals surface area contributed by atoms with Crippen molar-refractivity contribution in [2.24, 2.45) is 0 Å². The molecule has 1 atom stereocenters. The second-order valence-electron chi connectivity index (χ2n) is 6.51. The van der Waals surface area contributed by atoms with Crippen LogP contribution in [0.15, 0.2) is 18.2 Å².